The number of nitrogens with zero attached hydrogens (tertiary/aromatic N) is 2. The van der Waals surface area contributed by atoms with E-state index in [1.807, 2.05) is 6.07 Å². The molecule has 1 aliphatic rings. The predicted octanol–water partition coefficient (Wildman–Crippen LogP) is 3.47. The van der Waals surface area contributed by atoms with E-state index in [0.717, 1.165) is 4.70 Å². The Kier molecular flexibility index (Phi) is 8.09. The molecular formula is C26H27F3N4O5S. The number of thiophene rings is 1. The van der Waals surface area contributed by atoms with Crippen LogP contribution in [0.3, 0.4) is 0 Å². The summed E-state index contributed by atoms with van der Waals surface area (Å²) >= 11 is 1.33. The van der Waals surface area contributed by atoms with E-state index < -0.39 is 47.8 Å². The van der Waals surface area contributed by atoms with Gasteiger partial charge in [-0.05, 0) is 56.0 Å². The van der Waals surface area contributed by atoms with Gasteiger partial charge in [-0.25, -0.2) is 0 Å². The average Bonchev–Trinajstić information content (AvgIpc) is 3.61. The van der Waals surface area contributed by atoms with Gasteiger partial charge in [-0.15, -0.1) is 11.3 Å². The first-order chi connectivity index (χ1) is 18.4. The van der Waals surface area contributed by atoms with Crippen LogP contribution in [0.4, 0.5) is 13.2 Å². The van der Waals surface area contributed by atoms with Crippen molar-refractivity contribution in [2.45, 2.75) is 64.3 Å². The molecule has 208 valence electrons. The summed E-state index contributed by atoms with van der Waals surface area (Å²) in [5.41, 5.74) is 1.05. The second-order valence-corrected chi connectivity index (χ2v) is 10.4. The number of aryl methyl sites for hydroxylation is 2. The van der Waals surface area contributed by atoms with Crippen LogP contribution in [0.15, 0.2) is 34.2 Å². The number of nitrogens with one attached hydrogen (secondary N) is 2. The summed E-state index contributed by atoms with van der Waals surface area (Å²) in [5, 5.41) is 10.9. The number of likely N-dealkylation sites (tertiary alicyclic amines) is 1. The van der Waals surface area contributed by atoms with Gasteiger partial charge in [0.25, 0.3) is 11.7 Å². The van der Waals surface area contributed by atoms with Crippen LogP contribution >= 0.6 is 11.3 Å². The van der Waals surface area contributed by atoms with Gasteiger partial charge in [-0.1, -0.05) is 23.4 Å². The van der Waals surface area contributed by atoms with Crippen molar-refractivity contribution in [3.63, 3.8) is 0 Å². The van der Waals surface area contributed by atoms with E-state index in [-0.39, 0.29) is 30.7 Å². The molecule has 3 heterocycles. The zero-order chi connectivity index (χ0) is 28.5. The van der Waals surface area contributed by atoms with Crippen molar-refractivity contribution in [1.82, 2.24) is 20.7 Å². The molecule has 0 spiro atoms. The maximum Gasteiger partial charge on any atom is 0.452 e. The van der Waals surface area contributed by atoms with Gasteiger partial charge in [0.05, 0.1) is 5.69 Å². The fraction of sp³-hybridized carbons (Fsp3) is 0.423. The van der Waals surface area contributed by atoms with Crippen LogP contribution in [-0.2, 0) is 20.8 Å². The van der Waals surface area contributed by atoms with Crippen molar-refractivity contribution in [3.05, 3.63) is 52.2 Å². The number of benzene rings is 1. The van der Waals surface area contributed by atoms with Crippen LogP contribution < -0.4 is 10.6 Å². The summed E-state index contributed by atoms with van der Waals surface area (Å²) in [4.78, 5) is 52.5. The van der Waals surface area contributed by atoms with Crippen LogP contribution in [0.25, 0.3) is 10.1 Å². The summed E-state index contributed by atoms with van der Waals surface area (Å²) in [5.74, 6) is -3.79. The molecule has 1 aromatic carbocycles. The highest BCUT2D eigenvalue weighted by Gasteiger charge is 2.45. The second kappa shape index (κ2) is 11.2. The van der Waals surface area contributed by atoms with Crippen LogP contribution in [0.5, 0.6) is 0 Å². The number of fused-ring (bicyclic) bond motifs is 1. The minimum Gasteiger partial charge on any atom is -0.361 e. The van der Waals surface area contributed by atoms with E-state index in [4.69, 9.17) is 4.52 Å². The van der Waals surface area contributed by atoms with Gasteiger partial charge in [0.15, 0.2) is 0 Å². The number of carbonyl (C=O) groups is 4. The molecule has 3 amide bonds. The quantitative estimate of drug-likeness (QED) is 0.432. The molecule has 39 heavy (non-hydrogen) atoms. The van der Waals surface area contributed by atoms with Crippen molar-refractivity contribution in [2.75, 3.05) is 6.54 Å². The Morgan fingerprint density at radius 1 is 1.18 bits per heavy atom. The summed E-state index contributed by atoms with van der Waals surface area (Å²) in [6, 6.07) is 3.12. The van der Waals surface area contributed by atoms with Crippen LogP contribution in [0.2, 0.25) is 0 Å². The molecule has 0 bridgehead atoms. The highest BCUT2D eigenvalue weighted by atomic mass is 32.1. The van der Waals surface area contributed by atoms with E-state index in [1.165, 1.54) is 23.2 Å². The maximum absolute atomic E-state index is 13.5. The molecule has 3 aromatic rings. The third-order valence-corrected chi connectivity index (χ3v) is 7.73. The molecule has 4 rings (SSSR count). The van der Waals surface area contributed by atoms with Crippen molar-refractivity contribution >= 4 is 44.9 Å². The lowest BCUT2D eigenvalue weighted by molar-refractivity contribution is -0.173. The average molecular weight is 565 g/mol. The number of Topliss-reactive ketones (excluding diaryl/α,β-unsaturated/α-hetero) is 1. The van der Waals surface area contributed by atoms with Gasteiger partial charge >= 0.3 is 6.18 Å². The number of aromatic nitrogens is 1. The molecule has 0 unspecified atom stereocenters. The molecule has 1 fully saturated rings. The molecule has 9 nitrogen and oxygen atoms in total. The van der Waals surface area contributed by atoms with Gasteiger partial charge in [-0.3, -0.25) is 19.2 Å². The van der Waals surface area contributed by atoms with Gasteiger partial charge in [0.2, 0.25) is 11.8 Å². The first-order valence-corrected chi connectivity index (χ1v) is 13.2. The number of halogens is 3. The zero-order valence-electron chi connectivity index (χ0n) is 21.4. The van der Waals surface area contributed by atoms with Gasteiger partial charge in [-0.2, -0.15) is 13.2 Å². The zero-order valence-corrected chi connectivity index (χ0v) is 22.2. The number of hydrogen-bond acceptors (Lipinski definition) is 7. The fourth-order valence-corrected chi connectivity index (χ4v) is 5.75. The second-order valence-electron chi connectivity index (χ2n) is 9.47. The SMILES string of the molecule is Cc1noc(C)c1C(=O)N[C@@H](C)C(=O)N1CCC[C@H]1C(=O)N[C@@H](Cc1csc2ccccc12)C(=O)C(F)(F)F. The first-order valence-electron chi connectivity index (χ1n) is 12.3. The van der Waals surface area contributed by atoms with E-state index in [1.54, 1.807) is 37.4 Å². The number of ketones is 1. The smallest absolute Gasteiger partial charge is 0.361 e. The minimum atomic E-state index is -5.16. The molecular weight excluding hydrogens is 537 g/mol. The lowest BCUT2D eigenvalue weighted by Gasteiger charge is -2.28. The number of amides is 3. The Balaban J connectivity index is 1.48. The molecule has 2 aromatic heterocycles. The Morgan fingerprint density at radius 2 is 1.90 bits per heavy atom. The summed E-state index contributed by atoms with van der Waals surface area (Å²) < 4.78 is 46.2. The monoisotopic (exact) mass is 564 g/mol. The Bertz CT molecular complexity index is 1400. The normalized spacial score (nSPS) is 17.2. The highest BCUT2D eigenvalue weighted by molar-refractivity contribution is 7.17. The number of carbonyl (C=O) groups excluding carboxylic acids is 4. The molecule has 2 N–H and O–H groups in total. The van der Waals surface area contributed by atoms with Crippen LogP contribution in [0, 0.1) is 13.8 Å². The summed E-state index contributed by atoms with van der Waals surface area (Å²) in [6.07, 6.45) is -4.87. The Morgan fingerprint density at radius 3 is 2.56 bits per heavy atom. The fourth-order valence-electron chi connectivity index (χ4n) is 4.78. The molecule has 13 heteroatoms. The summed E-state index contributed by atoms with van der Waals surface area (Å²) in [7, 11) is 0. The lowest BCUT2D eigenvalue weighted by atomic mass is 10.0. The molecule has 0 radical (unpaired) electrons. The van der Waals surface area contributed by atoms with E-state index in [9.17, 15) is 32.3 Å². The molecule has 0 aliphatic carbocycles. The van der Waals surface area contributed by atoms with Gasteiger partial charge in [0.1, 0.15) is 29.4 Å². The van der Waals surface area contributed by atoms with Crippen molar-refractivity contribution in [2.24, 2.45) is 0 Å². The standard InChI is InChI=1S/C26H27F3N4O5S/c1-13-21(15(3)38-32-13)24(36)30-14(2)25(37)33-10-6-8-19(33)23(35)31-18(22(34)26(27,28)29)11-16-12-39-20-9-5-4-7-17(16)20/h4-5,7,9,12,14,18-19H,6,8,10-11H2,1-3H3,(H,30,36)(H,31,35)/t14-,18-,19-/m0/s1. The number of alkyl halides is 3. The molecule has 1 saturated heterocycles. The summed E-state index contributed by atoms with van der Waals surface area (Å²) in [6.45, 7) is 4.76. The maximum atomic E-state index is 13.5. The Hall–Kier alpha value is -3.74. The predicted molar refractivity (Wildman–Crippen MR) is 136 cm³/mol. The van der Waals surface area contributed by atoms with Gasteiger partial charge < -0.3 is 20.1 Å². The van der Waals surface area contributed by atoms with Crippen molar-refractivity contribution in [1.29, 1.82) is 0 Å². The third kappa shape index (κ3) is 5.97. The third-order valence-electron chi connectivity index (χ3n) is 6.71. The Labute approximate surface area is 225 Å². The lowest BCUT2D eigenvalue weighted by Crippen LogP contribution is -2.56. The molecule has 0 saturated carbocycles. The molecule has 3 atom stereocenters. The van der Waals surface area contributed by atoms with Crippen molar-refractivity contribution in [3.8, 4) is 0 Å². The number of hydrogen-bond donors (Lipinski definition) is 2. The van der Waals surface area contributed by atoms with E-state index >= 15 is 0 Å². The highest BCUT2D eigenvalue weighted by Crippen LogP contribution is 2.29. The first kappa shape index (κ1) is 28.3. The largest absolute Gasteiger partial charge is 0.452 e. The topological polar surface area (TPSA) is 122 Å². The van der Waals surface area contributed by atoms with Crippen molar-refractivity contribution < 1.29 is 36.9 Å². The van der Waals surface area contributed by atoms with Crippen LogP contribution in [0.1, 0.15) is 47.1 Å². The van der Waals surface area contributed by atoms with E-state index in [2.05, 4.69) is 15.8 Å². The minimum absolute atomic E-state index is 0.176. The van der Waals surface area contributed by atoms with Gasteiger partial charge in [0, 0.05) is 17.7 Å². The van der Waals surface area contributed by atoms with Crippen LogP contribution in [-0.4, -0.2) is 64.4 Å². The van der Waals surface area contributed by atoms with E-state index in [0.29, 0.717) is 23.1 Å². The molecule has 1 aliphatic heterocycles. The number of rotatable bonds is 8.